The van der Waals surface area contributed by atoms with E-state index in [-0.39, 0.29) is 11.3 Å². The highest BCUT2D eigenvalue weighted by Crippen LogP contribution is 2.55. The molecule has 0 bridgehead atoms. The molecular formula is C10H19N3O. The molecule has 1 aliphatic carbocycles. The molecule has 1 amide bonds. The molecule has 1 heterocycles. The molecule has 14 heavy (non-hydrogen) atoms. The molecule has 1 saturated heterocycles. The molecule has 2 fully saturated rings. The third-order valence-electron chi connectivity index (χ3n) is 3.71. The van der Waals surface area contributed by atoms with Crippen molar-refractivity contribution in [3.05, 3.63) is 0 Å². The van der Waals surface area contributed by atoms with Crippen molar-refractivity contribution in [2.24, 2.45) is 17.2 Å². The van der Waals surface area contributed by atoms with E-state index in [1.54, 1.807) is 7.05 Å². The second kappa shape index (κ2) is 3.21. The summed E-state index contributed by atoms with van der Waals surface area (Å²) in [4.78, 5) is 14.2. The molecule has 1 atom stereocenters. The summed E-state index contributed by atoms with van der Waals surface area (Å²) in [5.74, 6) is 6.20. The molecule has 2 rings (SSSR count). The molecule has 2 N–H and O–H groups in total. The highest BCUT2D eigenvalue weighted by molar-refractivity contribution is 5.85. The van der Waals surface area contributed by atoms with Crippen molar-refractivity contribution in [3.8, 4) is 0 Å². The van der Waals surface area contributed by atoms with Crippen molar-refractivity contribution in [2.45, 2.75) is 19.3 Å². The first-order chi connectivity index (χ1) is 6.56. The molecule has 0 spiro atoms. The lowest BCUT2D eigenvalue weighted by atomic mass is 9.87. The van der Waals surface area contributed by atoms with Gasteiger partial charge in [0.05, 0.1) is 5.41 Å². The number of hydrogen-bond acceptors (Lipinski definition) is 3. The first kappa shape index (κ1) is 9.93. The van der Waals surface area contributed by atoms with Gasteiger partial charge >= 0.3 is 0 Å². The third kappa shape index (κ3) is 1.42. The van der Waals surface area contributed by atoms with Crippen LogP contribution in [0.25, 0.3) is 0 Å². The number of nitrogens with two attached hydrogens (primary N) is 1. The third-order valence-corrected chi connectivity index (χ3v) is 3.71. The summed E-state index contributed by atoms with van der Waals surface area (Å²) in [6.45, 7) is 2.17. The Morgan fingerprint density at radius 1 is 1.57 bits per heavy atom. The molecule has 0 radical (unpaired) electrons. The Bertz CT molecular complexity index is 248. The van der Waals surface area contributed by atoms with Gasteiger partial charge in [0.15, 0.2) is 0 Å². The van der Waals surface area contributed by atoms with Gasteiger partial charge < -0.3 is 4.90 Å². The molecule has 0 aromatic heterocycles. The molecule has 1 unspecified atom stereocenters. The van der Waals surface area contributed by atoms with Crippen molar-refractivity contribution in [1.29, 1.82) is 0 Å². The predicted molar refractivity (Wildman–Crippen MR) is 54.2 cm³/mol. The van der Waals surface area contributed by atoms with Gasteiger partial charge in [0.25, 0.3) is 0 Å². The van der Waals surface area contributed by atoms with Crippen LogP contribution in [0.1, 0.15) is 19.3 Å². The van der Waals surface area contributed by atoms with E-state index in [1.807, 2.05) is 0 Å². The van der Waals surface area contributed by atoms with E-state index >= 15 is 0 Å². The van der Waals surface area contributed by atoms with Crippen molar-refractivity contribution in [2.75, 3.05) is 27.2 Å². The van der Waals surface area contributed by atoms with E-state index in [0.717, 1.165) is 32.4 Å². The average Bonchev–Trinajstić information content (AvgIpc) is 2.83. The average molecular weight is 197 g/mol. The number of hydrazine groups is 1. The molecule has 2 aliphatic rings. The largest absolute Gasteiger partial charge is 0.306 e. The summed E-state index contributed by atoms with van der Waals surface area (Å²) in [7, 11) is 3.77. The topological polar surface area (TPSA) is 49.6 Å². The van der Waals surface area contributed by atoms with Crippen LogP contribution >= 0.6 is 0 Å². The maximum absolute atomic E-state index is 11.9. The van der Waals surface area contributed by atoms with Gasteiger partial charge in [0.1, 0.15) is 0 Å². The van der Waals surface area contributed by atoms with Gasteiger partial charge in [-0.05, 0) is 38.8 Å². The Balaban J connectivity index is 2.06. The first-order valence-corrected chi connectivity index (χ1v) is 5.28. The van der Waals surface area contributed by atoms with E-state index in [4.69, 9.17) is 5.84 Å². The van der Waals surface area contributed by atoms with E-state index < -0.39 is 0 Å². The summed E-state index contributed by atoms with van der Waals surface area (Å²) >= 11 is 0. The molecule has 0 aromatic rings. The van der Waals surface area contributed by atoms with Gasteiger partial charge in [0, 0.05) is 13.6 Å². The highest BCUT2D eigenvalue weighted by Gasteiger charge is 2.57. The summed E-state index contributed by atoms with van der Waals surface area (Å²) in [6, 6.07) is 0. The maximum atomic E-state index is 11.9. The lowest BCUT2D eigenvalue weighted by Crippen LogP contribution is -2.42. The molecule has 4 nitrogen and oxygen atoms in total. The normalized spacial score (nSPS) is 30.4. The summed E-state index contributed by atoms with van der Waals surface area (Å²) in [6.07, 6.45) is 3.22. The van der Waals surface area contributed by atoms with Gasteiger partial charge in [-0.3, -0.25) is 9.80 Å². The SMILES string of the molecule is CN1CCC(C2(C(=O)N(C)N)CC2)C1. The monoisotopic (exact) mass is 197 g/mol. The maximum Gasteiger partial charge on any atom is 0.242 e. The Hall–Kier alpha value is -0.610. The smallest absolute Gasteiger partial charge is 0.242 e. The molecule has 1 saturated carbocycles. The van der Waals surface area contributed by atoms with Crippen LogP contribution in [0.5, 0.6) is 0 Å². The van der Waals surface area contributed by atoms with E-state index in [1.165, 1.54) is 5.01 Å². The van der Waals surface area contributed by atoms with Crippen molar-refractivity contribution in [1.82, 2.24) is 9.91 Å². The van der Waals surface area contributed by atoms with Crippen LogP contribution in [0, 0.1) is 11.3 Å². The van der Waals surface area contributed by atoms with Crippen LogP contribution in [-0.2, 0) is 4.79 Å². The second-order valence-electron chi connectivity index (χ2n) is 4.82. The number of carbonyl (C=O) groups is 1. The summed E-state index contributed by atoms with van der Waals surface area (Å²) in [5.41, 5.74) is -0.0890. The molecular weight excluding hydrogens is 178 g/mol. The van der Waals surface area contributed by atoms with Gasteiger partial charge in [-0.25, -0.2) is 5.84 Å². The van der Waals surface area contributed by atoms with Crippen molar-refractivity contribution >= 4 is 5.91 Å². The Morgan fingerprint density at radius 3 is 2.57 bits per heavy atom. The van der Waals surface area contributed by atoms with Gasteiger partial charge in [-0.1, -0.05) is 0 Å². The zero-order valence-corrected chi connectivity index (χ0v) is 8.99. The quantitative estimate of drug-likeness (QED) is 0.386. The predicted octanol–water partition coefficient (Wildman–Crippen LogP) is 0.0504. The van der Waals surface area contributed by atoms with Crippen LogP contribution in [0.3, 0.4) is 0 Å². The number of amides is 1. The first-order valence-electron chi connectivity index (χ1n) is 5.28. The van der Waals surface area contributed by atoms with E-state index in [0.29, 0.717) is 5.92 Å². The van der Waals surface area contributed by atoms with Gasteiger partial charge in [0.2, 0.25) is 5.91 Å². The molecule has 4 heteroatoms. The van der Waals surface area contributed by atoms with Gasteiger partial charge in [-0.2, -0.15) is 0 Å². The number of hydrogen-bond donors (Lipinski definition) is 1. The number of rotatable bonds is 2. The summed E-state index contributed by atoms with van der Waals surface area (Å²) < 4.78 is 0. The van der Waals surface area contributed by atoms with Crippen LogP contribution < -0.4 is 5.84 Å². The van der Waals surface area contributed by atoms with Crippen LogP contribution in [0.4, 0.5) is 0 Å². The van der Waals surface area contributed by atoms with E-state index in [9.17, 15) is 4.79 Å². The fourth-order valence-corrected chi connectivity index (χ4v) is 2.67. The highest BCUT2D eigenvalue weighted by atomic mass is 16.2. The van der Waals surface area contributed by atoms with Crippen molar-refractivity contribution < 1.29 is 4.79 Å². The summed E-state index contributed by atoms with van der Waals surface area (Å²) in [5, 5.41) is 1.27. The van der Waals surface area contributed by atoms with Crippen LogP contribution in [-0.4, -0.2) is 43.0 Å². The van der Waals surface area contributed by atoms with Crippen molar-refractivity contribution in [3.63, 3.8) is 0 Å². The molecule has 0 aromatic carbocycles. The minimum absolute atomic E-state index is 0.0890. The molecule has 80 valence electrons. The van der Waals surface area contributed by atoms with Crippen LogP contribution in [0.15, 0.2) is 0 Å². The standard InChI is InChI=1S/C10H19N3O/c1-12-6-3-8(7-12)10(4-5-10)9(14)13(2)11/h8H,3-7,11H2,1-2H3. The Labute approximate surface area is 85.0 Å². The number of carbonyl (C=O) groups excluding carboxylic acids is 1. The number of likely N-dealkylation sites (tertiary alicyclic amines) is 1. The zero-order valence-electron chi connectivity index (χ0n) is 8.99. The van der Waals surface area contributed by atoms with Gasteiger partial charge in [-0.15, -0.1) is 0 Å². The minimum atomic E-state index is -0.0890. The fourth-order valence-electron chi connectivity index (χ4n) is 2.67. The molecule has 1 aliphatic heterocycles. The second-order valence-corrected chi connectivity index (χ2v) is 4.82. The van der Waals surface area contributed by atoms with Crippen LogP contribution in [0.2, 0.25) is 0 Å². The zero-order chi connectivity index (χ0) is 10.3. The minimum Gasteiger partial charge on any atom is -0.306 e. The fraction of sp³-hybridized carbons (Fsp3) is 0.900. The Morgan fingerprint density at radius 2 is 2.21 bits per heavy atom. The lowest BCUT2D eigenvalue weighted by Gasteiger charge is -2.24. The Kier molecular flexibility index (Phi) is 2.27. The number of nitrogens with zero attached hydrogens (tertiary/aromatic N) is 2. The lowest BCUT2D eigenvalue weighted by molar-refractivity contribution is -0.137. The van der Waals surface area contributed by atoms with E-state index in [2.05, 4.69) is 11.9 Å².